The zero-order valence-electron chi connectivity index (χ0n) is 3.72. The molecule has 0 bridgehead atoms. The molecule has 1 rings (SSSR count). The van der Waals surface area contributed by atoms with Crippen LogP contribution in [0.1, 0.15) is 6.42 Å². The Morgan fingerprint density at radius 2 is 2.33 bits per heavy atom. The fourth-order valence-electron chi connectivity index (χ4n) is 0.507. The Labute approximate surface area is 37.8 Å². The molecule has 1 fully saturated rings. The summed E-state index contributed by atoms with van der Waals surface area (Å²) in [5, 5.41) is 0. The van der Waals surface area contributed by atoms with E-state index < -0.39 is 0 Å². The topological polar surface area (TPSA) is 26.0 Å². The number of hydrogen-bond acceptors (Lipinski definition) is 1. The lowest BCUT2D eigenvalue weighted by Crippen LogP contribution is -1.99. The molecule has 0 aromatic carbocycles. The first-order valence-electron chi connectivity index (χ1n) is 2.22. The van der Waals surface area contributed by atoms with Crippen LogP contribution < -0.4 is 5.73 Å². The summed E-state index contributed by atoms with van der Waals surface area (Å²) in [7, 11) is 0. The molecule has 34 valence electrons. The molecule has 1 saturated carbocycles. The van der Waals surface area contributed by atoms with E-state index in [2.05, 4.69) is 6.58 Å². The third-order valence-electron chi connectivity index (χ3n) is 1.19. The maximum Gasteiger partial charge on any atom is 0.0109 e. The summed E-state index contributed by atoms with van der Waals surface area (Å²) in [4.78, 5) is 0. The molecule has 2 N–H and O–H groups in total. The molecule has 0 aromatic heterocycles. The van der Waals surface area contributed by atoms with E-state index in [0.29, 0.717) is 12.0 Å². The van der Waals surface area contributed by atoms with E-state index in [0.717, 1.165) is 6.42 Å². The lowest BCUT2D eigenvalue weighted by molar-refractivity contribution is 0.978. The van der Waals surface area contributed by atoms with Gasteiger partial charge in [-0.1, -0.05) is 6.08 Å². The molecule has 0 heterocycles. The Bertz CT molecular complexity index is 68.3. The average molecular weight is 83.1 g/mol. The molecule has 0 saturated heterocycles. The van der Waals surface area contributed by atoms with E-state index in [9.17, 15) is 0 Å². The van der Waals surface area contributed by atoms with Crippen LogP contribution >= 0.6 is 0 Å². The third kappa shape index (κ3) is 0.455. The second kappa shape index (κ2) is 1.09. The van der Waals surface area contributed by atoms with Crippen LogP contribution in [0.2, 0.25) is 0 Å². The summed E-state index contributed by atoms with van der Waals surface area (Å²) in [5.41, 5.74) is 5.41. The fraction of sp³-hybridized carbons (Fsp3) is 0.600. The molecule has 0 aliphatic heterocycles. The van der Waals surface area contributed by atoms with Gasteiger partial charge in [0.05, 0.1) is 0 Å². The molecular weight excluding hydrogens is 74.1 g/mol. The summed E-state index contributed by atoms with van der Waals surface area (Å²) in [6.07, 6.45) is 3.08. The number of rotatable bonds is 1. The first kappa shape index (κ1) is 3.88. The quantitative estimate of drug-likeness (QED) is 0.459. The van der Waals surface area contributed by atoms with Gasteiger partial charge in [0, 0.05) is 6.04 Å². The van der Waals surface area contributed by atoms with Gasteiger partial charge in [-0.25, -0.2) is 0 Å². The van der Waals surface area contributed by atoms with Crippen molar-refractivity contribution in [3.63, 3.8) is 0 Å². The molecule has 6 heavy (non-hydrogen) atoms. The smallest absolute Gasteiger partial charge is 0.0109 e. The number of hydrogen-bond donors (Lipinski definition) is 1. The van der Waals surface area contributed by atoms with Crippen molar-refractivity contribution in [1.29, 1.82) is 0 Å². The zero-order chi connectivity index (χ0) is 4.57. The van der Waals surface area contributed by atoms with E-state index in [1.165, 1.54) is 0 Å². The van der Waals surface area contributed by atoms with Gasteiger partial charge in [0.15, 0.2) is 0 Å². The Kier molecular flexibility index (Phi) is 0.701. The maximum absolute atomic E-state index is 5.41. The van der Waals surface area contributed by atoms with Crippen molar-refractivity contribution < 1.29 is 0 Å². The zero-order valence-corrected chi connectivity index (χ0v) is 3.72. The van der Waals surface area contributed by atoms with E-state index in [-0.39, 0.29) is 0 Å². The molecule has 0 amide bonds. The van der Waals surface area contributed by atoms with Crippen molar-refractivity contribution in [2.45, 2.75) is 12.5 Å². The molecule has 0 aromatic rings. The van der Waals surface area contributed by atoms with Crippen molar-refractivity contribution >= 4 is 0 Å². The van der Waals surface area contributed by atoms with Gasteiger partial charge >= 0.3 is 0 Å². The number of nitrogens with two attached hydrogens (primary N) is 1. The van der Waals surface area contributed by atoms with Gasteiger partial charge in [-0.2, -0.15) is 0 Å². The van der Waals surface area contributed by atoms with E-state index in [4.69, 9.17) is 5.73 Å². The molecule has 1 nitrogen and oxygen atoms in total. The van der Waals surface area contributed by atoms with Crippen LogP contribution in [-0.2, 0) is 0 Å². The predicted molar refractivity (Wildman–Crippen MR) is 26.3 cm³/mol. The van der Waals surface area contributed by atoms with Crippen LogP contribution in [0, 0.1) is 5.92 Å². The summed E-state index contributed by atoms with van der Waals surface area (Å²) >= 11 is 0. The molecule has 0 spiro atoms. The standard InChI is InChI=1S/C5H9N/c1-2-4-3-5(4)6/h2,4-5H,1,3,6H2/t4-,5+/m1/s1. The summed E-state index contributed by atoms with van der Waals surface area (Å²) in [5.74, 6) is 0.644. The van der Waals surface area contributed by atoms with Crippen LogP contribution in [0.15, 0.2) is 12.7 Å². The largest absolute Gasteiger partial charge is 0.327 e. The van der Waals surface area contributed by atoms with Crippen molar-refractivity contribution in [2.75, 3.05) is 0 Å². The molecular formula is C5H9N. The first-order valence-corrected chi connectivity index (χ1v) is 2.22. The Hall–Kier alpha value is -0.300. The molecule has 1 aliphatic rings. The molecule has 1 heteroatoms. The SMILES string of the molecule is C=C[C@@H]1C[C@@H]1N. The third-order valence-corrected chi connectivity index (χ3v) is 1.19. The minimum absolute atomic E-state index is 0.447. The van der Waals surface area contributed by atoms with Crippen molar-refractivity contribution in [2.24, 2.45) is 11.7 Å². The van der Waals surface area contributed by atoms with Gasteiger partial charge < -0.3 is 5.73 Å². The molecule has 0 radical (unpaired) electrons. The van der Waals surface area contributed by atoms with Crippen molar-refractivity contribution in [1.82, 2.24) is 0 Å². The van der Waals surface area contributed by atoms with E-state index in [1.54, 1.807) is 0 Å². The van der Waals surface area contributed by atoms with Gasteiger partial charge in [0.1, 0.15) is 0 Å². The highest BCUT2D eigenvalue weighted by atomic mass is 14.7. The fourth-order valence-corrected chi connectivity index (χ4v) is 0.507. The van der Waals surface area contributed by atoms with Gasteiger partial charge in [-0.15, -0.1) is 6.58 Å². The summed E-state index contributed by atoms with van der Waals surface area (Å²) in [6.45, 7) is 3.59. The average Bonchev–Trinajstić information content (AvgIpc) is 2.19. The monoisotopic (exact) mass is 83.1 g/mol. The lowest BCUT2D eigenvalue weighted by atomic mass is 10.4. The van der Waals surface area contributed by atoms with E-state index >= 15 is 0 Å². The highest BCUT2D eigenvalue weighted by molar-refractivity contribution is 5.00. The Balaban J connectivity index is 2.25. The Morgan fingerprint density at radius 3 is 2.33 bits per heavy atom. The van der Waals surface area contributed by atoms with Crippen LogP contribution in [0.4, 0.5) is 0 Å². The van der Waals surface area contributed by atoms with Crippen LogP contribution in [0.5, 0.6) is 0 Å². The second-order valence-electron chi connectivity index (χ2n) is 1.80. The van der Waals surface area contributed by atoms with Gasteiger partial charge in [-0.3, -0.25) is 0 Å². The molecule has 2 atom stereocenters. The van der Waals surface area contributed by atoms with Gasteiger partial charge in [0.25, 0.3) is 0 Å². The van der Waals surface area contributed by atoms with Gasteiger partial charge in [-0.05, 0) is 12.3 Å². The Morgan fingerprint density at radius 1 is 1.83 bits per heavy atom. The van der Waals surface area contributed by atoms with Gasteiger partial charge in [0.2, 0.25) is 0 Å². The predicted octanol–water partition coefficient (Wildman–Crippen LogP) is 0.520. The second-order valence-corrected chi connectivity index (χ2v) is 1.80. The lowest BCUT2D eigenvalue weighted by Gasteiger charge is -1.73. The molecule has 0 unspecified atom stereocenters. The van der Waals surface area contributed by atoms with E-state index in [1.807, 2.05) is 6.08 Å². The highest BCUT2D eigenvalue weighted by Crippen LogP contribution is 2.27. The van der Waals surface area contributed by atoms with Crippen LogP contribution in [-0.4, -0.2) is 6.04 Å². The summed E-state index contributed by atoms with van der Waals surface area (Å²) < 4.78 is 0. The van der Waals surface area contributed by atoms with Crippen LogP contribution in [0.3, 0.4) is 0 Å². The normalized spacial score (nSPS) is 42.2. The minimum Gasteiger partial charge on any atom is -0.327 e. The highest BCUT2D eigenvalue weighted by Gasteiger charge is 2.29. The first-order chi connectivity index (χ1) is 2.84. The van der Waals surface area contributed by atoms with Crippen molar-refractivity contribution in [3.05, 3.63) is 12.7 Å². The summed E-state index contributed by atoms with van der Waals surface area (Å²) in [6, 6.07) is 0.447. The van der Waals surface area contributed by atoms with Crippen LogP contribution in [0.25, 0.3) is 0 Å². The maximum atomic E-state index is 5.41. The minimum atomic E-state index is 0.447. The molecule has 1 aliphatic carbocycles. The van der Waals surface area contributed by atoms with Crippen molar-refractivity contribution in [3.8, 4) is 0 Å².